The van der Waals surface area contributed by atoms with Gasteiger partial charge in [0.25, 0.3) is 0 Å². The number of hydrogen-bond acceptors (Lipinski definition) is 4. The lowest BCUT2D eigenvalue weighted by Gasteiger charge is -2.15. The van der Waals surface area contributed by atoms with Gasteiger partial charge in [0.1, 0.15) is 0 Å². The Balaban J connectivity index is 2.28. The van der Waals surface area contributed by atoms with Crippen LogP contribution in [0.3, 0.4) is 0 Å². The molecule has 1 aromatic rings. The van der Waals surface area contributed by atoms with Gasteiger partial charge >= 0.3 is 0 Å². The van der Waals surface area contributed by atoms with E-state index in [1.807, 2.05) is 6.92 Å². The molecule has 0 spiro atoms. The van der Waals surface area contributed by atoms with Gasteiger partial charge in [-0.25, -0.2) is 8.42 Å². The minimum absolute atomic E-state index is 0.00575. The fourth-order valence-electron chi connectivity index (χ4n) is 2.09. The maximum atomic E-state index is 12.5. The molecule has 102 valence electrons. The lowest BCUT2D eigenvalue weighted by Crippen LogP contribution is -2.30. The number of alkyl halides is 1. The van der Waals surface area contributed by atoms with Crippen LogP contribution in [0.4, 0.5) is 0 Å². The van der Waals surface area contributed by atoms with Crippen molar-refractivity contribution in [3.8, 4) is 0 Å². The van der Waals surface area contributed by atoms with Gasteiger partial charge in [-0.3, -0.25) is 0 Å². The van der Waals surface area contributed by atoms with Gasteiger partial charge in [-0.15, -0.1) is 22.9 Å². The highest BCUT2D eigenvalue weighted by Gasteiger charge is 2.34. The van der Waals surface area contributed by atoms with E-state index in [0.29, 0.717) is 23.9 Å². The summed E-state index contributed by atoms with van der Waals surface area (Å²) >= 11 is 7.19. The summed E-state index contributed by atoms with van der Waals surface area (Å²) in [4.78, 5) is 2.07. The van der Waals surface area contributed by atoms with Crippen molar-refractivity contribution >= 4 is 33.0 Å². The van der Waals surface area contributed by atoms with Crippen LogP contribution in [-0.2, 0) is 20.6 Å². The minimum atomic E-state index is -3.40. The van der Waals surface area contributed by atoms with Gasteiger partial charge in [-0.05, 0) is 19.4 Å². The normalized spacial score (nSPS) is 21.6. The summed E-state index contributed by atoms with van der Waals surface area (Å²) in [6.07, 6.45) is 0.757. The van der Waals surface area contributed by atoms with Crippen molar-refractivity contribution in [3.63, 3.8) is 0 Å². The van der Waals surface area contributed by atoms with Crippen molar-refractivity contribution in [1.82, 2.24) is 4.31 Å². The van der Waals surface area contributed by atoms with Crippen molar-refractivity contribution in [2.24, 2.45) is 0 Å². The van der Waals surface area contributed by atoms with Crippen LogP contribution < -0.4 is 0 Å². The highest BCUT2D eigenvalue weighted by molar-refractivity contribution is 7.89. The van der Waals surface area contributed by atoms with Crippen molar-refractivity contribution in [1.29, 1.82) is 0 Å². The van der Waals surface area contributed by atoms with E-state index in [1.54, 1.807) is 13.2 Å². The number of hydrogen-bond donors (Lipinski definition) is 0. The van der Waals surface area contributed by atoms with E-state index in [1.165, 1.54) is 15.6 Å². The van der Waals surface area contributed by atoms with Crippen LogP contribution >= 0.6 is 22.9 Å². The number of halogens is 1. The molecule has 0 radical (unpaired) electrons. The molecule has 1 aliphatic heterocycles. The van der Waals surface area contributed by atoms with Crippen molar-refractivity contribution in [2.45, 2.75) is 30.2 Å². The molecule has 7 heteroatoms. The van der Waals surface area contributed by atoms with Crippen LogP contribution in [0.5, 0.6) is 0 Å². The Bertz CT molecular complexity index is 526. The molecule has 0 aliphatic carbocycles. The zero-order chi connectivity index (χ0) is 13.3. The van der Waals surface area contributed by atoms with Gasteiger partial charge in [0.15, 0.2) is 0 Å². The Morgan fingerprint density at radius 1 is 1.61 bits per heavy atom. The largest absolute Gasteiger partial charge is 0.380 e. The van der Waals surface area contributed by atoms with E-state index in [4.69, 9.17) is 16.3 Å². The third kappa shape index (κ3) is 2.58. The zero-order valence-corrected chi connectivity index (χ0v) is 12.7. The predicted octanol–water partition coefficient (Wildman–Crippen LogP) is 2.20. The summed E-state index contributed by atoms with van der Waals surface area (Å²) in [7, 11) is -1.78. The molecule has 0 amide bonds. The molecular weight excluding hydrogens is 294 g/mol. The van der Waals surface area contributed by atoms with Crippen LogP contribution in [0.1, 0.15) is 16.2 Å². The first-order valence-corrected chi connectivity index (χ1v) is 8.46. The highest BCUT2D eigenvalue weighted by Crippen LogP contribution is 2.30. The Morgan fingerprint density at radius 2 is 2.33 bits per heavy atom. The zero-order valence-electron chi connectivity index (χ0n) is 10.3. The molecule has 2 heterocycles. The van der Waals surface area contributed by atoms with E-state index < -0.39 is 10.0 Å². The maximum absolute atomic E-state index is 12.5. The SMILES string of the molecule is COC1CCN(S(=O)(=O)c2cc(CCl)sc2C)C1. The molecule has 18 heavy (non-hydrogen) atoms. The van der Waals surface area contributed by atoms with Crippen molar-refractivity contribution < 1.29 is 13.2 Å². The Labute approximate surface area is 117 Å². The van der Waals surface area contributed by atoms with Gasteiger partial charge < -0.3 is 4.74 Å². The first-order chi connectivity index (χ1) is 8.48. The van der Waals surface area contributed by atoms with E-state index in [0.717, 1.165) is 16.2 Å². The number of methoxy groups -OCH3 is 1. The molecule has 0 aromatic carbocycles. The Kier molecular flexibility index (Phi) is 4.33. The third-order valence-corrected chi connectivity index (χ3v) is 6.73. The number of sulfonamides is 1. The summed E-state index contributed by atoms with van der Waals surface area (Å²) < 4.78 is 31.7. The topological polar surface area (TPSA) is 46.6 Å². The van der Waals surface area contributed by atoms with Crippen molar-refractivity contribution in [3.05, 3.63) is 15.8 Å². The summed E-state index contributed by atoms with van der Waals surface area (Å²) in [6, 6.07) is 1.68. The average Bonchev–Trinajstić information content (AvgIpc) is 2.95. The van der Waals surface area contributed by atoms with Crippen molar-refractivity contribution in [2.75, 3.05) is 20.2 Å². The number of thiophene rings is 1. The second-order valence-corrected chi connectivity index (χ2v) is 7.79. The molecular formula is C11H16ClNO3S2. The van der Waals surface area contributed by atoms with E-state index in [2.05, 4.69) is 0 Å². The van der Waals surface area contributed by atoms with E-state index in [9.17, 15) is 8.42 Å². The quantitative estimate of drug-likeness (QED) is 0.801. The minimum Gasteiger partial charge on any atom is -0.380 e. The molecule has 2 rings (SSSR count). The maximum Gasteiger partial charge on any atom is 0.244 e. The first kappa shape index (κ1) is 14.3. The second kappa shape index (κ2) is 5.46. The molecule has 1 unspecified atom stereocenters. The van der Waals surface area contributed by atoms with Gasteiger partial charge in [0.2, 0.25) is 10.0 Å². The van der Waals surface area contributed by atoms with Crippen LogP contribution in [-0.4, -0.2) is 39.0 Å². The molecule has 0 saturated carbocycles. The highest BCUT2D eigenvalue weighted by atomic mass is 35.5. The number of aryl methyl sites for hydroxylation is 1. The molecule has 4 nitrogen and oxygen atoms in total. The van der Waals surface area contributed by atoms with Gasteiger partial charge in [0.05, 0.1) is 16.9 Å². The fraction of sp³-hybridized carbons (Fsp3) is 0.636. The number of rotatable bonds is 4. The van der Waals surface area contributed by atoms with Gasteiger partial charge in [0, 0.05) is 30.0 Å². The Hall–Kier alpha value is -0.140. The second-order valence-electron chi connectivity index (χ2n) is 4.28. The molecule has 0 bridgehead atoms. The lowest BCUT2D eigenvalue weighted by atomic mass is 10.3. The van der Waals surface area contributed by atoms with Gasteiger partial charge in [-0.1, -0.05) is 0 Å². The molecule has 1 aromatic heterocycles. The van der Waals surface area contributed by atoms with E-state index in [-0.39, 0.29) is 6.10 Å². The summed E-state index contributed by atoms with van der Waals surface area (Å²) in [5, 5.41) is 0. The molecule has 1 aliphatic rings. The van der Waals surface area contributed by atoms with Crippen LogP contribution in [0.15, 0.2) is 11.0 Å². The van der Waals surface area contributed by atoms with Crippen LogP contribution in [0.2, 0.25) is 0 Å². The standard InChI is InChI=1S/C11H16ClNO3S2/c1-8-11(5-10(6-12)17-8)18(14,15)13-4-3-9(7-13)16-2/h5,9H,3-4,6-7H2,1-2H3. The first-order valence-electron chi connectivity index (χ1n) is 5.67. The summed E-state index contributed by atoms with van der Waals surface area (Å²) in [6.45, 7) is 2.77. The summed E-state index contributed by atoms with van der Waals surface area (Å²) in [5.41, 5.74) is 0. The molecule has 0 N–H and O–H groups in total. The lowest BCUT2D eigenvalue weighted by molar-refractivity contribution is 0.115. The average molecular weight is 310 g/mol. The van der Waals surface area contributed by atoms with E-state index >= 15 is 0 Å². The smallest absolute Gasteiger partial charge is 0.244 e. The summed E-state index contributed by atoms with van der Waals surface area (Å²) in [5.74, 6) is 0.349. The third-order valence-electron chi connectivity index (χ3n) is 3.11. The van der Waals surface area contributed by atoms with Gasteiger partial charge in [-0.2, -0.15) is 4.31 Å². The molecule has 1 atom stereocenters. The van der Waals surface area contributed by atoms with Crippen LogP contribution in [0, 0.1) is 6.92 Å². The van der Waals surface area contributed by atoms with Crippen LogP contribution in [0.25, 0.3) is 0 Å². The number of nitrogens with zero attached hydrogens (tertiary/aromatic N) is 1. The fourth-order valence-corrected chi connectivity index (χ4v) is 5.28. The molecule has 1 fully saturated rings. The molecule has 1 saturated heterocycles. The monoisotopic (exact) mass is 309 g/mol. The number of ether oxygens (including phenoxy) is 1. The predicted molar refractivity (Wildman–Crippen MR) is 72.8 cm³/mol. The Morgan fingerprint density at radius 3 is 2.83 bits per heavy atom.